The second-order valence-electron chi connectivity index (χ2n) is 5.92. The van der Waals surface area contributed by atoms with Gasteiger partial charge in [-0.15, -0.1) is 11.3 Å². The summed E-state index contributed by atoms with van der Waals surface area (Å²) in [6, 6.07) is 11.9. The van der Waals surface area contributed by atoms with Crippen LogP contribution in [0.5, 0.6) is 0 Å². The van der Waals surface area contributed by atoms with Crippen LogP contribution in [0.1, 0.15) is 23.2 Å². The van der Waals surface area contributed by atoms with Crippen molar-refractivity contribution in [2.24, 2.45) is 0 Å². The number of aryl methyl sites for hydroxylation is 2. The van der Waals surface area contributed by atoms with Crippen LogP contribution in [0.3, 0.4) is 0 Å². The van der Waals surface area contributed by atoms with Crippen molar-refractivity contribution < 1.29 is 4.79 Å². The van der Waals surface area contributed by atoms with Crippen molar-refractivity contribution in [2.75, 3.05) is 6.54 Å². The van der Waals surface area contributed by atoms with Crippen LogP contribution in [0.2, 0.25) is 0 Å². The molecule has 1 N–H and O–H groups in total. The van der Waals surface area contributed by atoms with E-state index >= 15 is 0 Å². The Morgan fingerprint density at radius 2 is 2.04 bits per heavy atom. The molecule has 0 aliphatic heterocycles. The highest BCUT2D eigenvalue weighted by atomic mass is 32.1. The molecule has 5 nitrogen and oxygen atoms in total. The van der Waals surface area contributed by atoms with Crippen LogP contribution in [0.15, 0.2) is 41.2 Å². The van der Waals surface area contributed by atoms with E-state index in [1.54, 1.807) is 6.92 Å². The smallest absolute Gasteiger partial charge is 0.262 e. The summed E-state index contributed by atoms with van der Waals surface area (Å²) in [6.45, 7) is 4.37. The summed E-state index contributed by atoms with van der Waals surface area (Å²) in [5.41, 5.74) is 1.03. The molecule has 0 saturated heterocycles. The van der Waals surface area contributed by atoms with E-state index < -0.39 is 0 Å². The van der Waals surface area contributed by atoms with Gasteiger partial charge in [-0.25, -0.2) is 4.98 Å². The molecule has 3 rings (SSSR count). The lowest BCUT2D eigenvalue weighted by molar-refractivity contribution is -0.121. The van der Waals surface area contributed by atoms with Gasteiger partial charge in [-0.3, -0.25) is 14.2 Å². The van der Waals surface area contributed by atoms with E-state index in [9.17, 15) is 9.59 Å². The van der Waals surface area contributed by atoms with E-state index in [0.29, 0.717) is 17.8 Å². The standard InChI is InChI=1S/C19H21N3O2S/c1-3-15-11-16-18(25-15)21-13(2)22(19(16)24)12-17(23)20-10-9-14-7-5-4-6-8-14/h4-8,11H,3,9-10,12H2,1-2H3,(H,20,23). The molecule has 6 heteroatoms. The Morgan fingerprint density at radius 1 is 1.28 bits per heavy atom. The van der Waals surface area contributed by atoms with E-state index in [-0.39, 0.29) is 18.0 Å². The molecule has 0 bridgehead atoms. The van der Waals surface area contributed by atoms with Crippen LogP contribution in [0.4, 0.5) is 0 Å². The average Bonchev–Trinajstić information content (AvgIpc) is 3.03. The third kappa shape index (κ3) is 3.96. The minimum Gasteiger partial charge on any atom is -0.354 e. The Hall–Kier alpha value is -2.47. The molecule has 25 heavy (non-hydrogen) atoms. The molecule has 0 spiro atoms. The maximum absolute atomic E-state index is 12.7. The maximum Gasteiger partial charge on any atom is 0.262 e. The van der Waals surface area contributed by atoms with Gasteiger partial charge in [-0.2, -0.15) is 0 Å². The third-order valence-electron chi connectivity index (χ3n) is 4.12. The van der Waals surface area contributed by atoms with Crippen molar-refractivity contribution in [3.63, 3.8) is 0 Å². The van der Waals surface area contributed by atoms with Crippen molar-refractivity contribution in [3.8, 4) is 0 Å². The first-order valence-electron chi connectivity index (χ1n) is 8.39. The lowest BCUT2D eigenvalue weighted by atomic mass is 10.1. The third-order valence-corrected chi connectivity index (χ3v) is 5.30. The SMILES string of the molecule is CCc1cc2c(=O)n(CC(=O)NCCc3ccccc3)c(C)nc2s1. The van der Waals surface area contributed by atoms with Crippen molar-refractivity contribution in [1.82, 2.24) is 14.9 Å². The van der Waals surface area contributed by atoms with E-state index in [2.05, 4.69) is 17.2 Å². The van der Waals surface area contributed by atoms with Gasteiger partial charge in [0.15, 0.2) is 0 Å². The second kappa shape index (κ2) is 7.61. The van der Waals surface area contributed by atoms with Gasteiger partial charge < -0.3 is 5.32 Å². The highest BCUT2D eigenvalue weighted by molar-refractivity contribution is 7.18. The second-order valence-corrected chi connectivity index (χ2v) is 7.04. The largest absolute Gasteiger partial charge is 0.354 e. The molecule has 1 amide bonds. The Kier molecular flexibility index (Phi) is 5.28. The van der Waals surface area contributed by atoms with Crippen LogP contribution < -0.4 is 10.9 Å². The lowest BCUT2D eigenvalue weighted by Gasteiger charge is -2.10. The number of amides is 1. The molecule has 0 unspecified atom stereocenters. The van der Waals surface area contributed by atoms with Crippen LogP contribution in [-0.4, -0.2) is 22.0 Å². The van der Waals surface area contributed by atoms with Crippen LogP contribution in [-0.2, 0) is 24.2 Å². The molecule has 130 valence electrons. The highest BCUT2D eigenvalue weighted by Gasteiger charge is 2.13. The first-order chi connectivity index (χ1) is 12.1. The predicted molar refractivity (Wildman–Crippen MR) is 101 cm³/mol. The number of rotatable bonds is 6. The first-order valence-corrected chi connectivity index (χ1v) is 9.20. The number of carbonyl (C=O) groups excluding carboxylic acids is 1. The molecular weight excluding hydrogens is 334 g/mol. The minimum atomic E-state index is -0.173. The number of benzene rings is 1. The van der Waals surface area contributed by atoms with E-state index in [0.717, 1.165) is 22.5 Å². The average molecular weight is 355 g/mol. The first kappa shape index (κ1) is 17.4. The monoisotopic (exact) mass is 355 g/mol. The van der Waals surface area contributed by atoms with E-state index in [1.165, 1.54) is 21.5 Å². The molecule has 0 atom stereocenters. The zero-order chi connectivity index (χ0) is 17.8. The summed E-state index contributed by atoms with van der Waals surface area (Å²) >= 11 is 1.54. The summed E-state index contributed by atoms with van der Waals surface area (Å²) in [4.78, 5) is 31.2. The highest BCUT2D eigenvalue weighted by Crippen LogP contribution is 2.21. The fourth-order valence-corrected chi connectivity index (χ4v) is 3.72. The van der Waals surface area contributed by atoms with Crippen molar-refractivity contribution in [1.29, 1.82) is 0 Å². The van der Waals surface area contributed by atoms with Gasteiger partial charge in [0.05, 0.1) is 5.39 Å². The summed E-state index contributed by atoms with van der Waals surface area (Å²) < 4.78 is 1.45. The normalized spacial score (nSPS) is 11.0. The van der Waals surface area contributed by atoms with Gasteiger partial charge in [0.1, 0.15) is 17.2 Å². The molecule has 1 aromatic carbocycles. The number of thiophene rings is 1. The molecule has 2 heterocycles. The molecule has 0 radical (unpaired) electrons. The molecule has 2 aromatic heterocycles. The number of hydrogen-bond acceptors (Lipinski definition) is 4. The van der Waals surface area contributed by atoms with Crippen molar-refractivity contribution >= 4 is 27.5 Å². The van der Waals surface area contributed by atoms with Gasteiger partial charge in [0.25, 0.3) is 5.56 Å². The van der Waals surface area contributed by atoms with Crippen molar-refractivity contribution in [2.45, 2.75) is 33.2 Å². The fourth-order valence-electron chi connectivity index (χ4n) is 2.72. The number of fused-ring (bicyclic) bond motifs is 1. The maximum atomic E-state index is 12.7. The Bertz CT molecular complexity index is 944. The lowest BCUT2D eigenvalue weighted by Crippen LogP contribution is -2.34. The van der Waals surface area contributed by atoms with Crippen LogP contribution in [0, 0.1) is 6.92 Å². The number of hydrogen-bond donors (Lipinski definition) is 1. The van der Waals surface area contributed by atoms with Gasteiger partial charge in [0, 0.05) is 11.4 Å². The Morgan fingerprint density at radius 3 is 2.76 bits per heavy atom. The van der Waals surface area contributed by atoms with Crippen LogP contribution in [0.25, 0.3) is 10.2 Å². The quantitative estimate of drug-likeness (QED) is 0.739. The summed E-state index contributed by atoms with van der Waals surface area (Å²) in [7, 11) is 0. The molecule has 0 aliphatic rings. The number of aromatic nitrogens is 2. The number of nitrogens with one attached hydrogen (secondary N) is 1. The van der Waals surface area contributed by atoms with Gasteiger partial charge in [-0.1, -0.05) is 37.3 Å². The fraction of sp³-hybridized carbons (Fsp3) is 0.316. The summed E-state index contributed by atoms with van der Waals surface area (Å²) in [5.74, 6) is 0.397. The Balaban J connectivity index is 1.69. The zero-order valence-corrected chi connectivity index (χ0v) is 15.2. The van der Waals surface area contributed by atoms with Crippen LogP contribution >= 0.6 is 11.3 Å². The predicted octanol–water partition coefficient (Wildman–Crippen LogP) is 2.69. The summed E-state index contributed by atoms with van der Waals surface area (Å²) in [5, 5.41) is 3.48. The van der Waals surface area contributed by atoms with Gasteiger partial charge in [0.2, 0.25) is 5.91 Å². The molecule has 0 aliphatic carbocycles. The molecule has 3 aromatic rings. The van der Waals surface area contributed by atoms with Gasteiger partial charge >= 0.3 is 0 Å². The van der Waals surface area contributed by atoms with Gasteiger partial charge in [-0.05, 0) is 31.4 Å². The number of nitrogens with zero attached hydrogens (tertiary/aromatic N) is 2. The summed E-state index contributed by atoms with van der Waals surface area (Å²) in [6.07, 6.45) is 1.64. The van der Waals surface area contributed by atoms with E-state index in [1.807, 2.05) is 36.4 Å². The van der Waals surface area contributed by atoms with E-state index in [4.69, 9.17) is 0 Å². The Labute approximate surface area is 150 Å². The van der Waals surface area contributed by atoms with Crippen molar-refractivity contribution in [3.05, 3.63) is 63.0 Å². The minimum absolute atomic E-state index is 0.000296. The number of carbonyl (C=O) groups is 1. The topological polar surface area (TPSA) is 64.0 Å². The molecular formula is C19H21N3O2S. The molecule has 0 saturated carbocycles. The zero-order valence-electron chi connectivity index (χ0n) is 14.4. The molecule has 0 fully saturated rings.